The third kappa shape index (κ3) is 3.64. The van der Waals surface area contributed by atoms with E-state index < -0.39 is 5.91 Å². The summed E-state index contributed by atoms with van der Waals surface area (Å²) in [6.45, 7) is 0. The molecule has 2 aromatic rings. The van der Waals surface area contributed by atoms with Crippen LogP contribution in [-0.2, 0) is 0 Å². The minimum atomic E-state index is -0.544. The summed E-state index contributed by atoms with van der Waals surface area (Å²) in [4.78, 5) is 12.4. The Bertz CT molecular complexity index is 735. The molecular formula is C14H10Cl2N2O2S. The van der Waals surface area contributed by atoms with Crippen LogP contribution in [0.1, 0.15) is 15.9 Å². The molecule has 0 atom stereocenters. The number of halogens is 2. The van der Waals surface area contributed by atoms with Gasteiger partial charge in [0.05, 0.1) is 16.3 Å². The van der Waals surface area contributed by atoms with E-state index in [1.54, 1.807) is 18.2 Å². The van der Waals surface area contributed by atoms with Crippen molar-refractivity contribution in [1.82, 2.24) is 0 Å². The van der Waals surface area contributed by atoms with Crippen LogP contribution in [0.5, 0.6) is 5.75 Å². The zero-order valence-electron chi connectivity index (χ0n) is 10.6. The van der Waals surface area contributed by atoms with Gasteiger partial charge in [0.2, 0.25) is 0 Å². The molecule has 2 aromatic carbocycles. The Kier molecular flexibility index (Phi) is 4.67. The first-order valence-electron chi connectivity index (χ1n) is 5.77. The Labute approximate surface area is 136 Å². The first-order chi connectivity index (χ1) is 9.88. The lowest BCUT2D eigenvalue weighted by Crippen LogP contribution is -2.14. The topological polar surface area (TPSA) is 75.3 Å². The molecule has 0 bridgehead atoms. The average Bonchev–Trinajstić information content (AvgIpc) is 2.43. The zero-order valence-corrected chi connectivity index (χ0v) is 12.9. The van der Waals surface area contributed by atoms with E-state index in [0.717, 1.165) is 0 Å². The molecule has 0 aliphatic rings. The second kappa shape index (κ2) is 6.30. The van der Waals surface area contributed by atoms with Gasteiger partial charge in [0, 0.05) is 10.6 Å². The summed E-state index contributed by atoms with van der Waals surface area (Å²) >= 11 is 16.7. The molecule has 0 saturated carbocycles. The Morgan fingerprint density at radius 2 is 1.90 bits per heavy atom. The van der Waals surface area contributed by atoms with Crippen molar-refractivity contribution in [2.75, 3.05) is 5.32 Å². The van der Waals surface area contributed by atoms with Gasteiger partial charge in [-0.2, -0.15) is 0 Å². The minimum Gasteiger partial charge on any atom is -0.507 e. The van der Waals surface area contributed by atoms with E-state index in [4.69, 9.17) is 41.2 Å². The average molecular weight is 341 g/mol. The zero-order chi connectivity index (χ0) is 15.6. The van der Waals surface area contributed by atoms with Crippen molar-refractivity contribution in [1.29, 1.82) is 0 Å². The molecule has 0 saturated heterocycles. The number of hydrogen-bond donors (Lipinski definition) is 3. The molecule has 0 aliphatic carbocycles. The Morgan fingerprint density at radius 3 is 2.57 bits per heavy atom. The van der Waals surface area contributed by atoms with E-state index in [9.17, 15) is 9.90 Å². The van der Waals surface area contributed by atoms with Crippen molar-refractivity contribution in [2.24, 2.45) is 5.73 Å². The minimum absolute atomic E-state index is 0.0410. The van der Waals surface area contributed by atoms with E-state index in [2.05, 4.69) is 5.32 Å². The van der Waals surface area contributed by atoms with E-state index in [1.807, 2.05) is 0 Å². The maximum absolute atomic E-state index is 12.2. The molecular weight excluding hydrogens is 331 g/mol. The number of hydrogen-bond acceptors (Lipinski definition) is 3. The highest BCUT2D eigenvalue weighted by Gasteiger charge is 2.14. The number of benzene rings is 2. The number of carbonyl (C=O) groups is 1. The number of thiocarbonyl (C=S) groups is 1. The number of carbonyl (C=O) groups excluding carboxylic acids is 1. The highest BCUT2D eigenvalue weighted by Crippen LogP contribution is 2.26. The van der Waals surface area contributed by atoms with Crippen LogP contribution in [0.25, 0.3) is 0 Å². The first kappa shape index (κ1) is 15.6. The number of nitrogens with one attached hydrogen (secondary N) is 1. The van der Waals surface area contributed by atoms with Crippen molar-refractivity contribution < 1.29 is 9.90 Å². The SMILES string of the molecule is NC(=S)c1ccc(Cl)c(NC(=O)c2cc(Cl)ccc2O)c1. The molecule has 4 N–H and O–H groups in total. The number of amides is 1. The van der Waals surface area contributed by atoms with Gasteiger partial charge in [-0.25, -0.2) is 0 Å². The van der Waals surface area contributed by atoms with Crippen molar-refractivity contribution in [2.45, 2.75) is 0 Å². The lowest BCUT2D eigenvalue weighted by molar-refractivity contribution is 0.102. The highest BCUT2D eigenvalue weighted by molar-refractivity contribution is 7.80. The molecule has 1 amide bonds. The second-order valence-electron chi connectivity index (χ2n) is 4.17. The Balaban J connectivity index is 2.33. The van der Waals surface area contributed by atoms with Gasteiger partial charge in [-0.3, -0.25) is 4.79 Å². The monoisotopic (exact) mass is 340 g/mol. The molecule has 0 heterocycles. The number of aromatic hydroxyl groups is 1. The van der Waals surface area contributed by atoms with Crippen molar-refractivity contribution >= 4 is 52.0 Å². The van der Waals surface area contributed by atoms with Gasteiger partial charge < -0.3 is 16.2 Å². The second-order valence-corrected chi connectivity index (χ2v) is 5.46. The Morgan fingerprint density at radius 1 is 1.19 bits per heavy atom. The van der Waals surface area contributed by atoms with Gasteiger partial charge in [0.15, 0.2) is 0 Å². The van der Waals surface area contributed by atoms with Crippen LogP contribution in [0.4, 0.5) is 5.69 Å². The molecule has 2 rings (SSSR count). The van der Waals surface area contributed by atoms with Crippen molar-refractivity contribution in [3.8, 4) is 5.75 Å². The largest absolute Gasteiger partial charge is 0.507 e. The predicted molar refractivity (Wildman–Crippen MR) is 88.4 cm³/mol. The Hall–Kier alpha value is -1.82. The third-order valence-corrected chi connectivity index (χ3v) is 3.50. The third-order valence-electron chi connectivity index (χ3n) is 2.70. The van der Waals surface area contributed by atoms with E-state index >= 15 is 0 Å². The summed E-state index contributed by atoms with van der Waals surface area (Å²) < 4.78 is 0. The summed E-state index contributed by atoms with van der Waals surface area (Å²) in [6.07, 6.45) is 0. The van der Waals surface area contributed by atoms with Crippen LogP contribution >= 0.6 is 35.4 Å². The number of rotatable bonds is 3. The molecule has 0 aliphatic heterocycles. The smallest absolute Gasteiger partial charge is 0.259 e. The lowest BCUT2D eigenvalue weighted by Gasteiger charge is -2.10. The molecule has 7 heteroatoms. The van der Waals surface area contributed by atoms with E-state index in [-0.39, 0.29) is 16.3 Å². The summed E-state index contributed by atoms with van der Waals surface area (Å²) in [6, 6.07) is 8.96. The predicted octanol–water partition coefficient (Wildman–Crippen LogP) is 3.59. The van der Waals surface area contributed by atoms with Crippen molar-refractivity contribution in [3.05, 3.63) is 57.6 Å². The van der Waals surface area contributed by atoms with E-state index in [1.165, 1.54) is 18.2 Å². The summed E-state index contributed by atoms with van der Waals surface area (Å²) in [5, 5.41) is 12.9. The molecule has 0 spiro atoms. The van der Waals surface area contributed by atoms with Crippen molar-refractivity contribution in [3.63, 3.8) is 0 Å². The molecule has 108 valence electrons. The summed E-state index contributed by atoms with van der Waals surface area (Å²) in [5.74, 6) is -0.726. The number of anilines is 1. The normalized spacial score (nSPS) is 10.2. The quantitative estimate of drug-likeness (QED) is 0.746. The highest BCUT2D eigenvalue weighted by atomic mass is 35.5. The molecule has 0 aromatic heterocycles. The standard InChI is InChI=1S/C14H10Cl2N2O2S/c15-8-2-4-12(19)9(6-8)14(20)18-11-5-7(13(17)21)1-3-10(11)16/h1-6,19H,(H2,17,21)(H,18,20). The first-order valence-corrected chi connectivity index (χ1v) is 6.94. The van der Waals surface area contributed by atoms with Gasteiger partial charge >= 0.3 is 0 Å². The van der Waals surface area contributed by atoms with Gasteiger partial charge in [0.1, 0.15) is 10.7 Å². The van der Waals surface area contributed by atoms with Gasteiger partial charge in [-0.05, 0) is 30.3 Å². The van der Waals surface area contributed by atoms with Crippen LogP contribution in [0.2, 0.25) is 10.0 Å². The summed E-state index contributed by atoms with van der Waals surface area (Å²) in [7, 11) is 0. The van der Waals surface area contributed by atoms with Gasteiger partial charge in [-0.1, -0.05) is 41.5 Å². The van der Waals surface area contributed by atoms with Crippen LogP contribution in [-0.4, -0.2) is 16.0 Å². The van der Waals surface area contributed by atoms with Gasteiger partial charge in [-0.15, -0.1) is 0 Å². The van der Waals surface area contributed by atoms with Crippen LogP contribution in [0.15, 0.2) is 36.4 Å². The molecule has 0 radical (unpaired) electrons. The molecule has 4 nitrogen and oxygen atoms in total. The molecule has 0 fully saturated rings. The lowest BCUT2D eigenvalue weighted by atomic mass is 10.1. The fourth-order valence-electron chi connectivity index (χ4n) is 1.65. The number of phenols is 1. The summed E-state index contributed by atoms with van der Waals surface area (Å²) in [5.41, 5.74) is 6.49. The maximum Gasteiger partial charge on any atom is 0.259 e. The fourth-order valence-corrected chi connectivity index (χ4v) is 2.12. The molecule has 0 unspecified atom stereocenters. The van der Waals surface area contributed by atoms with Gasteiger partial charge in [0.25, 0.3) is 5.91 Å². The number of nitrogens with two attached hydrogens (primary N) is 1. The maximum atomic E-state index is 12.2. The fraction of sp³-hybridized carbons (Fsp3) is 0. The number of phenolic OH excluding ortho intramolecular Hbond substituents is 1. The van der Waals surface area contributed by atoms with Crippen LogP contribution in [0.3, 0.4) is 0 Å². The van der Waals surface area contributed by atoms with Crippen LogP contribution in [0, 0.1) is 0 Å². The molecule has 21 heavy (non-hydrogen) atoms. The van der Waals surface area contributed by atoms with E-state index in [0.29, 0.717) is 21.3 Å². The van der Waals surface area contributed by atoms with Crippen LogP contribution < -0.4 is 11.1 Å².